The van der Waals surface area contributed by atoms with Crippen LogP contribution in [-0.2, 0) is 10.0 Å². The van der Waals surface area contributed by atoms with Gasteiger partial charge in [0, 0.05) is 10.8 Å². The molecule has 2 heterocycles. The molecule has 25 heavy (non-hydrogen) atoms. The molecule has 1 saturated carbocycles. The van der Waals surface area contributed by atoms with Crippen molar-refractivity contribution in [1.82, 2.24) is 10.2 Å². The van der Waals surface area contributed by atoms with Crippen LogP contribution in [0.5, 0.6) is 0 Å². The number of aryl methyl sites for hydroxylation is 1. The quantitative estimate of drug-likeness (QED) is 0.726. The Balaban J connectivity index is 1.60. The first-order valence-corrected chi connectivity index (χ1v) is 9.95. The molecule has 6 nitrogen and oxygen atoms in total. The van der Waals surface area contributed by atoms with Gasteiger partial charge in [-0.3, -0.25) is 4.72 Å². The maximum Gasteiger partial charge on any atom is 0.261 e. The highest BCUT2D eigenvalue weighted by molar-refractivity contribution is 7.92. The Morgan fingerprint density at radius 2 is 1.96 bits per heavy atom. The van der Waals surface area contributed by atoms with Gasteiger partial charge >= 0.3 is 0 Å². The average molecular weight is 379 g/mol. The molecular formula is C16H14FN3O3S2. The van der Waals surface area contributed by atoms with Crippen molar-refractivity contribution >= 4 is 27.0 Å². The van der Waals surface area contributed by atoms with Crippen molar-refractivity contribution in [3.8, 4) is 10.8 Å². The van der Waals surface area contributed by atoms with E-state index in [4.69, 9.17) is 4.42 Å². The van der Waals surface area contributed by atoms with E-state index < -0.39 is 15.8 Å². The van der Waals surface area contributed by atoms with Crippen LogP contribution in [0.15, 0.2) is 39.6 Å². The first kappa shape index (κ1) is 16.2. The van der Waals surface area contributed by atoms with E-state index in [-0.39, 0.29) is 4.90 Å². The third kappa shape index (κ3) is 3.29. The minimum absolute atomic E-state index is 0.00476. The SMILES string of the molecule is Cc1sc(-c2nnc(C3CC3)o2)cc1NS(=O)(=O)c1ccc(F)cc1. The summed E-state index contributed by atoms with van der Waals surface area (Å²) >= 11 is 1.37. The van der Waals surface area contributed by atoms with E-state index in [9.17, 15) is 12.8 Å². The van der Waals surface area contributed by atoms with Crippen LogP contribution >= 0.6 is 11.3 Å². The minimum Gasteiger partial charge on any atom is -0.420 e. The Bertz CT molecular complexity index is 1020. The number of rotatable bonds is 5. The fraction of sp³-hybridized carbons (Fsp3) is 0.250. The van der Waals surface area contributed by atoms with Gasteiger partial charge in [-0.05, 0) is 50.1 Å². The molecule has 0 unspecified atom stereocenters. The predicted octanol–water partition coefficient (Wildman–Crippen LogP) is 3.92. The number of aromatic nitrogens is 2. The summed E-state index contributed by atoms with van der Waals surface area (Å²) in [5.74, 6) is 0.895. The second-order valence-corrected chi connectivity index (χ2v) is 8.80. The minimum atomic E-state index is -3.80. The van der Waals surface area contributed by atoms with Crippen molar-refractivity contribution in [3.63, 3.8) is 0 Å². The standard InChI is InChI=1S/C16H14FN3O3S2/c1-9-13(20-25(21,22)12-6-4-11(17)5-7-12)8-14(24-9)16-19-18-15(23-16)10-2-3-10/h4-8,10,20H,2-3H2,1H3. The van der Waals surface area contributed by atoms with Crippen LogP contribution < -0.4 is 4.72 Å². The number of nitrogens with one attached hydrogen (secondary N) is 1. The molecule has 1 aliphatic rings. The summed E-state index contributed by atoms with van der Waals surface area (Å²) in [5, 5.41) is 8.08. The van der Waals surface area contributed by atoms with Gasteiger partial charge in [-0.1, -0.05) is 0 Å². The first-order chi connectivity index (χ1) is 11.9. The van der Waals surface area contributed by atoms with E-state index in [2.05, 4.69) is 14.9 Å². The molecular weight excluding hydrogens is 365 g/mol. The number of halogens is 1. The molecule has 1 aromatic carbocycles. The third-order valence-electron chi connectivity index (χ3n) is 3.86. The van der Waals surface area contributed by atoms with Crippen molar-refractivity contribution in [2.24, 2.45) is 0 Å². The predicted molar refractivity (Wildman–Crippen MR) is 91.5 cm³/mol. The van der Waals surface area contributed by atoms with Crippen LogP contribution in [-0.4, -0.2) is 18.6 Å². The van der Waals surface area contributed by atoms with E-state index in [1.165, 1.54) is 23.5 Å². The molecule has 130 valence electrons. The van der Waals surface area contributed by atoms with Crippen LogP contribution in [0.25, 0.3) is 10.8 Å². The maximum atomic E-state index is 13.0. The van der Waals surface area contributed by atoms with Crippen molar-refractivity contribution in [3.05, 3.63) is 46.9 Å². The Morgan fingerprint density at radius 1 is 1.24 bits per heavy atom. The lowest BCUT2D eigenvalue weighted by Gasteiger charge is -2.07. The van der Waals surface area contributed by atoms with Crippen molar-refractivity contribution in [1.29, 1.82) is 0 Å². The molecule has 4 rings (SSSR count). The number of hydrogen-bond donors (Lipinski definition) is 1. The van der Waals surface area contributed by atoms with E-state index in [1.54, 1.807) is 13.0 Å². The van der Waals surface area contributed by atoms with Gasteiger partial charge in [-0.2, -0.15) is 0 Å². The molecule has 1 aliphatic carbocycles. The van der Waals surface area contributed by atoms with E-state index >= 15 is 0 Å². The molecule has 0 atom stereocenters. The number of benzene rings is 1. The highest BCUT2D eigenvalue weighted by atomic mass is 32.2. The lowest BCUT2D eigenvalue weighted by molar-refractivity contribution is 0.509. The number of sulfonamides is 1. The van der Waals surface area contributed by atoms with Gasteiger partial charge < -0.3 is 4.42 Å². The first-order valence-electron chi connectivity index (χ1n) is 7.65. The Kier molecular flexibility index (Phi) is 3.84. The molecule has 0 amide bonds. The molecule has 3 aromatic rings. The molecule has 0 saturated heterocycles. The van der Waals surface area contributed by atoms with Gasteiger partial charge in [0.1, 0.15) is 5.82 Å². The van der Waals surface area contributed by atoms with Crippen molar-refractivity contribution < 1.29 is 17.2 Å². The maximum absolute atomic E-state index is 13.0. The van der Waals surface area contributed by atoms with Crippen molar-refractivity contribution in [2.45, 2.75) is 30.6 Å². The molecule has 1 fully saturated rings. The van der Waals surface area contributed by atoms with Gasteiger partial charge in [0.15, 0.2) is 0 Å². The monoisotopic (exact) mass is 379 g/mol. The number of nitrogens with zero attached hydrogens (tertiary/aromatic N) is 2. The summed E-state index contributed by atoms with van der Waals surface area (Å²) in [6.07, 6.45) is 2.13. The Morgan fingerprint density at radius 3 is 2.64 bits per heavy atom. The lowest BCUT2D eigenvalue weighted by atomic mass is 10.4. The third-order valence-corrected chi connectivity index (χ3v) is 6.28. The normalized spacial score (nSPS) is 14.6. The zero-order chi connectivity index (χ0) is 17.6. The summed E-state index contributed by atoms with van der Waals surface area (Å²) in [6.45, 7) is 1.80. The fourth-order valence-electron chi connectivity index (χ4n) is 2.34. The second kappa shape index (κ2) is 5.92. The molecule has 0 radical (unpaired) electrons. The topological polar surface area (TPSA) is 85.1 Å². The van der Waals surface area contributed by atoms with Gasteiger partial charge in [0.05, 0.1) is 15.5 Å². The summed E-state index contributed by atoms with van der Waals surface area (Å²) in [6, 6.07) is 6.34. The Labute approximate surface area is 147 Å². The second-order valence-electron chi connectivity index (χ2n) is 5.86. The molecule has 0 aliphatic heterocycles. The average Bonchev–Trinajstić information content (AvgIpc) is 3.19. The smallest absolute Gasteiger partial charge is 0.261 e. The van der Waals surface area contributed by atoms with Crippen LogP contribution in [0, 0.1) is 12.7 Å². The molecule has 1 N–H and O–H groups in total. The summed E-state index contributed by atoms with van der Waals surface area (Å²) < 4.78 is 46.0. The number of hydrogen-bond acceptors (Lipinski definition) is 6. The van der Waals surface area contributed by atoms with Gasteiger partial charge in [-0.15, -0.1) is 21.5 Å². The van der Waals surface area contributed by atoms with Crippen LogP contribution in [0.3, 0.4) is 0 Å². The zero-order valence-corrected chi connectivity index (χ0v) is 14.8. The van der Waals surface area contributed by atoms with E-state index in [0.29, 0.717) is 28.3 Å². The summed E-state index contributed by atoms with van der Waals surface area (Å²) in [7, 11) is -3.80. The Hall–Kier alpha value is -2.26. The number of anilines is 1. The van der Waals surface area contributed by atoms with E-state index in [1.807, 2.05) is 0 Å². The summed E-state index contributed by atoms with van der Waals surface area (Å²) in [4.78, 5) is 1.47. The highest BCUT2D eigenvalue weighted by Gasteiger charge is 2.30. The van der Waals surface area contributed by atoms with Crippen LogP contribution in [0.2, 0.25) is 0 Å². The van der Waals surface area contributed by atoms with Gasteiger partial charge in [-0.25, -0.2) is 12.8 Å². The molecule has 0 bridgehead atoms. The van der Waals surface area contributed by atoms with Crippen LogP contribution in [0.1, 0.15) is 29.5 Å². The highest BCUT2D eigenvalue weighted by Crippen LogP contribution is 2.41. The van der Waals surface area contributed by atoms with Gasteiger partial charge in [0.25, 0.3) is 15.9 Å². The molecule has 0 spiro atoms. The van der Waals surface area contributed by atoms with Gasteiger partial charge in [0.2, 0.25) is 5.89 Å². The number of thiophene rings is 1. The van der Waals surface area contributed by atoms with Crippen LogP contribution in [0.4, 0.5) is 10.1 Å². The molecule has 9 heteroatoms. The van der Waals surface area contributed by atoms with E-state index in [0.717, 1.165) is 29.9 Å². The fourth-order valence-corrected chi connectivity index (χ4v) is 4.41. The zero-order valence-electron chi connectivity index (χ0n) is 13.2. The summed E-state index contributed by atoms with van der Waals surface area (Å²) in [5.41, 5.74) is 0.440. The van der Waals surface area contributed by atoms with Crippen molar-refractivity contribution in [2.75, 3.05) is 4.72 Å². The lowest BCUT2D eigenvalue weighted by Crippen LogP contribution is -2.12. The molecule has 2 aromatic heterocycles. The largest absolute Gasteiger partial charge is 0.420 e.